The molecule has 104 valence electrons. The summed E-state index contributed by atoms with van der Waals surface area (Å²) in [5, 5.41) is 14.2. The van der Waals surface area contributed by atoms with Gasteiger partial charge >= 0.3 is 0 Å². The molecule has 0 heterocycles. The Morgan fingerprint density at radius 1 is 0.762 bits per heavy atom. The van der Waals surface area contributed by atoms with E-state index in [0.29, 0.717) is 0 Å². The lowest BCUT2D eigenvalue weighted by Gasteiger charge is -2.04. The van der Waals surface area contributed by atoms with Crippen molar-refractivity contribution in [1.29, 1.82) is 0 Å². The van der Waals surface area contributed by atoms with Crippen molar-refractivity contribution in [2.75, 3.05) is 12.4 Å². The monoisotopic (exact) mass is 275 g/mol. The van der Waals surface area contributed by atoms with Crippen LogP contribution in [0, 0.1) is 6.92 Å². The highest BCUT2D eigenvalue weighted by atomic mass is 15.1. The fourth-order valence-electron chi connectivity index (χ4n) is 2.34. The fraction of sp³-hybridized carbons (Fsp3) is 0.111. The second-order valence-electron chi connectivity index (χ2n) is 4.98. The van der Waals surface area contributed by atoms with Crippen molar-refractivity contribution in [2.24, 2.45) is 10.2 Å². The average Bonchev–Trinajstić information content (AvgIpc) is 2.53. The third kappa shape index (κ3) is 2.92. The van der Waals surface area contributed by atoms with Gasteiger partial charge in [0.1, 0.15) is 0 Å². The van der Waals surface area contributed by atoms with Gasteiger partial charge in [-0.05, 0) is 53.6 Å². The number of fused-ring (bicyclic) bond motifs is 1. The zero-order valence-electron chi connectivity index (χ0n) is 12.2. The first-order valence-corrected chi connectivity index (χ1v) is 6.95. The van der Waals surface area contributed by atoms with Crippen molar-refractivity contribution >= 4 is 27.8 Å². The minimum atomic E-state index is 0.861. The lowest BCUT2D eigenvalue weighted by atomic mass is 10.1. The van der Waals surface area contributed by atoms with Crippen LogP contribution in [0.25, 0.3) is 10.8 Å². The summed E-state index contributed by atoms with van der Waals surface area (Å²) in [5.41, 5.74) is 4.00. The molecule has 3 aromatic carbocycles. The largest absolute Gasteiger partial charge is 0.388 e. The van der Waals surface area contributed by atoms with E-state index in [4.69, 9.17) is 0 Å². The van der Waals surface area contributed by atoms with E-state index in [-0.39, 0.29) is 0 Å². The van der Waals surface area contributed by atoms with Crippen LogP contribution in [-0.2, 0) is 0 Å². The molecule has 0 saturated carbocycles. The van der Waals surface area contributed by atoms with Crippen LogP contribution in [0.2, 0.25) is 0 Å². The lowest BCUT2D eigenvalue weighted by molar-refractivity contribution is 1.23. The van der Waals surface area contributed by atoms with Crippen LogP contribution >= 0.6 is 0 Å². The molecule has 0 unspecified atom stereocenters. The van der Waals surface area contributed by atoms with E-state index in [2.05, 4.69) is 40.7 Å². The molecular formula is C18H17N3. The number of hydrogen-bond donors (Lipinski definition) is 1. The summed E-state index contributed by atoms with van der Waals surface area (Å²) in [7, 11) is 1.92. The summed E-state index contributed by atoms with van der Waals surface area (Å²) in [6.07, 6.45) is 0. The zero-order chi connectivity index (χ0) is 14.7. The summed E-state index contributed by atoms with van der Waals surface area (Å²) in [4.78, 5) is 0. The molecule has 3 aromatic rings. The highest BCUT2D eigenvalue weighted by Gasteiger charge is 1.98. The molecule has 3 heteroatoms. The number of hydrogen-bond acceptors (Lipinski definition) is 3. The Labute approximate surface area is 124 Å². The summed E-state index contributed by atoms with van der Waals surface area (Å²) in [6, 6.07) is 20.4. The van der Waals surface area contributed by atoms with Gasteiger partial charge in [0.05, 0.1) is 11.4 Å². The molecule has 1 N–H and O–H groups in total. The molecule has 0 spiro atoms. The normalized spacial score (nSPS) is 11.1. The van der Waals surface area contributed by atoms with Crippen LogP contribution in [0.15, 0.2) is 70.9 Å². The van der Waals surface area contributed by atoms with Gasteiger partial charge in [-0.2, -0.15) is 10.2 Å². The highest BCUT2D eigenvalue weighted by Crippen LogP contribution is 2.25. The minimum Gasteiger partial charge on any atom is -0.388 e. The Hall–Kier alpha value is -2.68. The molecule has 0 aliphatic heterocycles. The predicted octanol–water partition coefficient (Wildman–Crippen LogP) is 5.61. The Balaban J connectivity index is 1.88. The SMILES string of the molecule is CNc1ccc(N=Nc2ccc3ccccc3c2)cc1C. The van der Waals surface area contributed by atoms with Crippen LogP contribution in [0.1, 0.15) is 5.56 Å². The molecule has 0 aromatic heterocycles. The van der Waals surface area contributed by atoms with Gasteiger partial charge in [0.25, 0.3) is 0 Å². The molecule has 0 radical (unpaired) electrons. The number of azo groups is 1. The topological polar surface area (TPSA) is 36.8 Å². The van der Waals surface area contributed by atoms with Crippen LogP contribution in [0.5, 0.6) is 0 Å². The summed E-state index contributed by atoms with van der Waals surface area (Å²) in [6.45, 7) is 2.06. The quantitative estimate of drug-likeness (QED) is 0.620. The highest BCUT2D eigenvalue weighted by molar-refractivity contribution is 5.85. The summed E-state index contributed by atoms with van der Waals surface area (Å²) < 4.78 is 0. The summed E-state index contributed by atoms with van der Waals surface area (Å²) in [5.74, 6) is 0. The van der Waals surface area contributed by atoms with Gasteiger partial charge in [-0.3, -0.25) is 0 Å². The van der Waals surface area contributed by atoms with Crippen molar-refractivity contribution in [2.45, 2.75) is 6.92 Å². The molecule has 21 heavy (non-hydrogen) atoms. The molecular weight excluding hydrogens is 258 g/mol. The smallest absolute Gasteiger partial charge is 0.0863 e. The van der Waals surface area contributed by atoms with Gasteiger partial charge < -0.3 is 5.32 Å². The Bertz CT molecular complexity index is 806. The van der Waals surface area contributed by atoms with Crippen molar-refractivity contribution in [3.05, 3.63) is 66.2 Å². The van der Waals surface area contributed by atoms with Crippen LogP contribution in [-0.4, -0.2) is 7.05 Å². The molecule has 0 bridgehead atoms. The Morgan fingerprint density at radius 2 is 1.43 bits per heavy atom. The maximum Gasteiger partial charge on any atom is 0.0863 e. The lowest BCUT2D eigenvalue weighted by Crippen LogP contribution is -1.89. The molecule has 0 atom stereocenters. The third-order valence-corrected chi connectivity index (χ3v) is 3.49. The van der Waals surface area contributed by atoms with Crippen LogP contribution in [0.4, 0.5) is 17.1 Å². The van der Waals surface area contributed by atoms with E-state index in [0.717, 1.165) is 22.6 Å². The number of aryl methyl sites for hydroxylation is 1. The van der Waals surface area contributed by atoms with Gasteiger partial charge in [-0.15, -0.1) is 0 Å². The van der Waals surface area contributed by atoms with E-state index >= 15 is 0 Å². The number of anilines is 1. The zero-order valence-corrected chi connectivity index (χ0v) is 12.2. The van der Waals surface area contributed by atoms with Crippen molar-refractivity contribution in [3.63, 3.8) is 0 Å². The van der Waals surface area contributed by atoms with E-state index in [1.165, 1.54) is 10.8 Å². The van der Waals surface area contributed by atoms with Crippen LogP contribution in [0.3, 0.4) is 0 Å². The minimum absolute atomic E-state index is 0.861. The molecule has 0 aliphatic carbocycles. The predicted molar refractivity (Wildman–Crippen MR) is 88.8 cm³/mol. The fourth-order valence-corrected chi connectivity index (χ4v) is 2.34. The first kappa shape index (κ1) is 13.3. The number of rotatable bonds is 3. The first-order valence-electron chi connectivity index (χ1n) is 6.95. The standard InChI is InChI=1S/C18H17N3/c1-13-11-16(9-10-18(13)19-2)20-21-17-8-7-14-5-3-4-6-15(14)12-17/h3-12,19H,1-2H3. The number of nitrogens with zero attached hydrogens (tertiary/aromatic N) is 2. The molecule has 3 nitrogen and oxygen atoms in total. The van der Waals surface area contributed by atoms with Gasteiger partial charge in [0.15, 0.2) is 0 Å². The second-order valence-corrected chi connectivity index (χ2v) is 4.98. The van der Waals surface area contributed by atoms with Crippen LogP contribution < -0.4 is 5.32 Å². The first-order chi connectivity index (χ1) is 10.3. The molecule has 0 aliphatic rings. The van der Waals surface area contributed by atoms with Crippen molar-refractivity contribution in [3.8, 4) is 0 Å². The third-order valence-electron chi connectivity index (χ3n) is 3.49. The molecule has 3 rings (SSSR count). The van der Waals surface area contributed by atoms with Gasteiger partial charge in [-0.25, -0.2) is 0 Å². The Morgan fingerprint density at radius 3 is 2.14 bits per heavy atom. The van der Waals surface area contributed by atoms with E-state index < -0.39 is 0 Å². The van der Waals surface area contributed by atoms with E-state index in [9.17, 15) is 0 Å². The Kier molecular flexibility index (Phi) is 3.65. The number of benzene rings is 3. The molecule has 0 fully saturated rings. The maximum atomic E-state index is 4.33. The average molecular weight is 275 g/mol. The van der Waals surface area contributed by atoms with Crippen molar-refractivity contribution in [1.82, 2.24) is 0 Å². The number of nitrogens with one attached hydrogen (secondary N) is 1. The van der Waals surface area contributed by atoms with Gasteiger partial charge in [0.2, 0.25) is 0 Å². The van der Waals surface area contributed by atoms with Gasteiger partial charge in [-0.1, -0.05) is 30.3 Å². The summed E-state index contributed by atoms with van der Waals surface area (Å²) >= 11 is 0. The van der Waals surface area contributed by atoms with Crippen molar-refractivity contribution < 1.29 is 0 Å². The van der Waals surface area contributed by atoms with E-state index in [1.54, 1.807) is 0 Å². The van der Waals surface area contributed by atoms with E-state index in [1.807, 2.05) is 49.5 Å². The molecule has 0 amide bonds. The second kappa shape index (κ2) is 5.75. The van der Waals surface area contributed by atoms with Gasteiger partial charge in [0, 0.05) is 12.7 Å². The molecule has 0 saturated heterocycles. The maximum absolute atomic E-state index is 4.33.